The van der Waals surface area contributed by atoms with Crippen molar-refractivity contribution in [2.24, 2.45) is 0 Å². The minimum atomic E-state index is -1.04. The average Bonchev–Trinajstić information content (AvgIpc) is 2.59. The van der Waals surface area contributed by atoms with Crippen molar-refractivity contribution in [1.82, 2.24) is 5.32 Å². The molecule has 0 saturated carbocycles. The van der Waals surface area contributed by atoms with E-state index in [-0.39, 0.29) is 18.4 Å². The molecule has 0 aromatic heterocycles. The van der Waals surface area contributed by atoms with Crippen molar-refractivity contribution in [3.63, 3.8) is 0 Å². The van der Waals surface area contributed by atoms with Crippen molar-refractivity contribution in [1.29, 1.82) is 0 Å². The van der Waals surface area contributed by atoms with Gasteiger partial charge in [0, 0.05) is 5.92 Å². The lowest BCUT2D eigenvalue weighted by molar-refractivity contribution is -0.138. The Labute approximate surface area is 136 Å². The smallest absolute Gasteiger partial charge is 0.322 e. The maximum atomic E-state index is 12.0. The van der Waals surface area contributed by atoms with E-state index >= 15 is 0 Å². The first-order valence-electron chi connectivity index (χ1n) is 7.63. The summed E-state index contributed by atoms with van der Waals surface area (Å²) in [5.74, 6) is -1.49. The molecule has 120 valence electrons. The van der Waals surface area contributed by atoms with Gasteiger partial charge in [-0.2, -0.15) is 0 Å². The molecule has 4 heteroatoms. The number of carboxylic acids is 1. The van der Waals surface area contributed by atoms with Crippen LogP contribution in [0.15, 0.2) is 54.6 Å². The molecular formula is C19H21NO3. The van der Waals surface area contributed by atoms with Crippen LogP contribution in [-0.2, 0) is 9.59 Å². The largest absolute Gasteiger partial charge is 0.480 e. The summed E-state index contributed by atoms with van der Waals surface area (Å²) in [4.78, 5) is 22.6. The number of carboxylic acid groups (broad SMARTS) is 1. The summed E-state index contributed by atoms with van der Waals surface area (Å²) in [6.07, 6.45) is 0. The quantitative estimate of drug-likeness (QED) is 0.861. The first kappa shape index (κ1) is 16.7. The second-order valence-corrected chi connectivity index (χ2v) is 5.64. The second kappa shape index (κ2) is 7.58. The summed E-state index contributed by atoms with van der Waals surface area (Å²) in [6.45, 7) is 3.55. The van der Waals surface area contributed by atoms with E-state index < -0.39 is 11.9 Å². The third kappa shape index (κ3) is 4.42. The van der Waals surface area contributed by atoms with Crippen molar-refractivity contribution in [2.45, 2.75) is 25.7 Å². The van der Waals surface area contributed by atoms with E-state index in [1.807, 2.05) is 42.5 Å². The summed E-state index contributed by atoms with van der Waals surface area (Å²) in [6, 6.07) is 18.1. The van der Waals surface area contributed by atoms with Gasteiger partial charge in [-0.05, 0) is 23.6 Å². The summed E-state index contributed by atoms with van der Waals surface area (Å²) in [5.41, 5.74) is 3.23. The molecule has 23 heavy (non-hydrogen) atoms. The van der Waals surface area contributed by atoms with Crippen LogP contribution in [0.2, 0.25) is 0 Å². The molecule has 1 amide bonds. The van der Waals surface area contributed by atoms with E-state index in [9.17, 15) is 9.59 Å². The van der Waals surface area contributed by atoms with Crippen molar-refractivity contribution in [3.05, 3.63) is 71.3 Å². The van der Waals surface area contributed by atoms with Crippen LogP contribution in [0, 0.1) is 0 Å². The highest BCUT2D eigenvalue weighted by Gasteiger charge is 2.17. The number of carbonyl (C=O) groups excluding carboxylic acids is 1. The number of aliphatic carboxylic acids is 1. The van der Waals surface area contributed by atoms with E-state index in [4.69, 9.17) is 5.11 Å². The maximum absolute atomic E-state index is 12.0. The lowest BCUT2D eigenvalue weighted by Crippen LogP contribution is -2.32. The van der Waals surface area contributed by atoms with Crippen LogP contribution in [0.1, 0.15) is 42.4 Å². The van der Waals surface area contributed by atoms with E-state index in [0.717, 1.165) is 11.1 Å². The van der Waals surface area contributed by atoms with Crippen molar-refractivity contribution < 1.29 is 14.7 Å². The summed E-state index contributed by atoms with van der Waals surface area (Å²) in [5, 5.41) is 11.1. The highest BCUT2D eigenvalue weighted by atomic mass is 16.4. The number of hydrogen-bond donors (Lipinski definition) is 2. The molecular weight excluding hydrogens is 290 g/mol. The van der Waals surface area contributed by atoms with Gasteiger partial charge in [-0.1, -0.05) is 61.5 Å². The van der Waals surface area contributed by atoms with E-state index in [2.05, 4.69) is 24.4 Å². The number of nitrogens with one attached hydrogen (secondary N) is 1. The standard InChI is InChI=1S/C19H21NO3/c1-13(15-7-4-3-5-8-15)16-9-6-10-17(11-16)14(2)19(23)20-12-18(21)22/h3-11,13-14H,12H2,1-2H3,(H,20,23)(H,21,22)/t13-,14-/m1/s1. The van der Waals surface area contributed by atoms with Gasteiger partial charge in [0.05, 0.1) is 5.92 Å². The van der Waals surface area contributed by atoms with E-state index in [1.54, 1.807) is 6.92 Å². The molecule has 0 unspecified atom stereocenters. The van der Waals surface area contributed by atoms with Gasteiger partial charge in [-0.25, -0.2) is 0 Å². The molecule has 4 nitrogen and oxygen atoms in total. The fourth-order valence-electron chi connectivity index (χ4n) is 2.50. The molecule has 2 N–H and O–H groups in total. The lowest BCUT2D eigenvalue weighted by atomic mass is 9.89. The monoisotopic (exact) mass is 311 g/mol. The van der Waals surface area contributed by atoms with Gasteiger partial charge < -0.3 is 10.4 Å². The van der Waals surface area contributed by atoms with Gasteiger partial charge >= 0.3 is 5.97 Å². The molecule has 0 heterocycles. The number of benzene rings is 2. The minimum Gasteiger partial charge on any atom is -0.480 e. The van der Waals surface area contributed by atoms with Gasteiger partial charge in [0.1, 0.15) is 6.54 Å². The SMILES string of the molecule is C[C@H](c1ccccc1)c1cccc([C@@H](C)C(=O)NCC(=O)O)c1. The van der Waals surface area contributed by atoms with Crippen molar-refractivity contribution >= 4 is 11.9 Å². The van der Waals surface area contributed by atoms with Gasteiger partial charge in [0.25, 0.3) is 0 Å². The van der Waals surface area contributed by atoms with Crippen LogP contribution < -0.4 is 5.32 Å². The normalized spacial score (nSPS) is 13.1. The lowest BCUT2D eigenvalue weighted by Gasteiger charge is -2.16. The van der Waals surface area contributed by atoms with Crippen LogP contribution in [0.5, 0.6) is 0 Å². The molecule has 0 saturated heterocycles. The van der Waals surface area contributed by atoms with Crippen molar-refractivity contribution in [2.75, 3.05) is 6.54 Å². The van der Waals surface area contributed by atoms with Crippen LogP contribution in [0.4, 0.5) is 0 Å². The molecule has 2 aromatic rings. The molecule has 0 fully saturated rings. The zero-order valence-electron chi connectivity index (χ0n) is 13.3. The topological polar surface area (TPSA) is 66.4 Å². The Morgan fingerprint density at radius 1 is 0.957 bits per heavy atom. The predicted octanol–water partition coefficient (Wildman–Crippen LogP) is 3.14. The molecule has 2 rings (SSSR count). The average molecular weight is 311 g/mol. The molecule has 0 spiro atoms. The Balaban J connectivity index is 2.16. The van der Waals surface area contributed by atoms with Crippen LogP contribution in [0.3, 0.4) is 0 Å². The summed E-state index contributed by atoms with van der Waals surface area (Å²) >= 11 is 0. The molecule has 0 aliphatic heterocycles. The van der Waals surface area contributed by atoms with E-state index in [1.165, 1.54) is 5.56 Å². The van der Waals surface area contributed by atoms with Crippen LogP contribution in [0.25, 0.3) is 0 Å². The van der Waals surface area contributed by atoms with Crippen molar-refractivity contribution in [3.8, 4) is 0 Å². The van der Waals surface area contributed by atoms with Gasteiger partial charge in [-0.15, -0.1) is 0 Å². The minimum absolute atomic E-state index is 0.227. The number of rotatable bonds is 6. The molecule has 0 aliphatic carbocycles. The highest BCUT2D eigenvalue weighted by Crippen LogP contribution is 2.26. The zero-order chi connectivity index (χ0) is 16.8. The van der Waals surface area contributed by atoms with Crippen LogP contribution in [-0.4, -0.2) is 23.5 Å². The number of amides is 1. The van der Waals surface area contributed by atoms with Gasteiger partial charge in [0.2, 0.25) is 5.91 Å². The predicted molar refractivity (Wildman–Crippen MR) is 89.5 cm³/mol. The Morgan fingerprint density at radius 3 is 2.22 bits per heavy atom. The van der Waals surface area contributed by atoms with Gasteiger partial charge in [-0.3, -0.25) is 9.59 Å². The first-order valence-corrected chi connectivity index (χ1v) is 7.63. The van der Waals surface area contributed by atoms with Crippen LogP contribution >= 0.6 is 0 Å². The number of carbonyl (C=O) groups is 2. The fraction of sp³-hybridized carbons (Fsp3) is 0.263. The Morgan fingerprint density at radius 2 is 1.57 bits per heavy atom. The number of hydrogen-bond acceptors (Lipinski definition) is 2. The zero-order valence-corrected chi connectivity index (χ0v) is 13.3. The highest BCUT2D eigenvalue weighted by molar-refractivity contribution is 5.86. The third-order valence-corrected chi connectivity index (χ3v) is 4.02. The molecule has 0 radical (unpaired) electrons. The molecule has 2 aromatic carbocycles. The van der Waals surface area contributed by atoms with Gasteiger partial charge in [0.15, 0.2) is 0 Å². The summed E-state index contributed by atoms with van der Waals surface area (Å²) in [7, 11) is 0. The van der Waals surface area contributed by atoms with E-state index in [0.29, 0.717) is 0 Å². The maximum Gasteiger partial charge on any atom is 0.322 e. The third-order valence-electron chi connectivity index (χ3n) is 4.02. The Kier molecular flexibility index (Phi) is 5.52. The summed E-state index contributed by atoms with van der Waals surface area (Å²) < 4.78 is 0. The molecule has 0 bridgehead atoms. The molecule has 0 aliphatic rings. The second-order valence-electron chi connectivity index (χ2n) is 5.64. The fourth-order valence-corrected chi connectivity index (χ4v) is 2.50. The Bertz CT molecular complexity index is 682. The molecule has 2 atom stereocenters. The first-order chi connectivity index (χ1) is 11.0. The Hall–Kier alpha value is -2.62.